The Morgan fingerprint density at radius 2 is 1.71 bits per heavy atom. The average Bonchev–Trinajstić information content (AvgIpc) is 2.60. The van der Waals surface area contributed by atoms with Gasteiger partial charge in [-0.25, -0.2) is 0 Å². The third-order valence-electron chi connectivity index (χ3n) is 3.35. The second-order valence-corrected chi connectivity index (χ2v) is 5.46. The largest absolute Gasteiger partial charge is 0.481 e. The minimum atomic E-state index is -0.735. The van der Waals surface area contributed by atoms with Gasteiger partial charge in [-0.2, -0.15) is 0 Å². The van der Waals surface area contributed by atoms with E-state index in [0.29, 0.717) is 11.3 Å². The second kappa shape index (κ2) is 8.01. The summed E-state index contributed by atoms with van der Waals surface area (Å²) >= 11 is 0. The molecule has 2 amide bonds. The zero-order valence-corrected chi connectivity index (χ0v) is 13.9. The topological polar surface area (TPSA) is 70.7 Å². The number of anilines is 1. The molecule has 0 bridgehead atoms. The molecular weight excluding hydrogens is 306 g/mol. The Kier molecular flexibility index (Phi) is 5.78. The third kappa shape index (κ3) is 4.74. The second-order valence-electron chi connectivity index (χ2n) is 5.46. The Morgan fingerprint density at radius 3 is 2.38 bits per heavy atom. The van der Waals surface area contributed by atoms with Crippen LogP contribution in [0.15, 0.2) is 54.6 Å². The number of hydrogen-bond acceptors (Lipinski definition) is 4. The number of amides is 2. The van der Waals surface area contributed by atoms with Crippen molar-refractivity contribution in [3.05, 3.63) is 60.2 Å². The van der Waals surface area contributed by atoms with Crippen molar-refractivity contribution in [3.63, 3.8) is 0 Å². The summed E-state index contributed by atoms with van der Waals surface area (Å²) in [4.78, 5) is 26.0. The molecule has 0 aromatic heterocycles. The predicted molar refractivity (Wildman–Crippen MR) is 92.9 cm³/mol. The van der Waals surface area contributed by atoms with E-state index in [2.05, 4.69) is 10.9 Å². The number of hydrazine groups is 1. The van der Waals surface area contributed by atoms with Gasteiger partial charge >= 0.3 is 0 Å². The van der Waals surface area contributed by atoms with Crippen LogP contribution in [0.4, 0.5) is 5.69 Å². The first-order valence-corrected chi connectivity index (χ1v) is 7.56. The van der Waals surface area contributed by atoms with Crippen molar-refractivity contribution >= 4 is 17.5 Å². The van der Waals surface area contributed by atoms with E-state index in [1.54, 1.807) is 37.3 Å². The highest BCUT2D eigenvalue weighted by atomic mass is 16.5. The number of hydrogen-bond donors (Lipinski definition) is 2. The van der Waals surface area contributed by atoms with Crippen LogP contribution in [0, 0.1) is 0 Å². The number of nitrogens with one attached hydrogen (secondary N) is 2. The molecular formula is C18H21N3O3. The van der Waals surface area contributed by atoms with Gasteiger partial charge in [-0.1, -0.05) is 24.3 Å². The summed E-state index contributed by atoms with van der Waals surface area (Å²) in [7, 11) is 3.78. The molecule has 0 aliphatic carbocycles. The Morgan fingerprint density at radius 1 is 1.00 bits per heavy atom. The van der Waals surface area contributed by atoms with Gasteiger partial charge in [0.05, 0.1) is 0 Å². The Labute approximate surface area is 141 Å². The first-order valence-electron chi connectivity index (χ1n) is 7.56. The van der Waals surface area contributed by atoms with E-state index >= 15 is 0 Å². The molecule has 0 heterocycles. The molecule has 1 atom stereocenters. The van der Waals surface area contributed by atoms with Gasteiger partial charge in [0.1, 0.15) is 5.75 Å². The molecule has 1 unspecified atom stereocenters. The summed E-state index contributed by atoms with van der Waals surface area (Å²) in [6.07, 6.45) is -0.735. The quantitative estimate of drug-likeness (QED) is 0.824. The lowest BCUT2D eigenvalue weighted by Gasteiger charge is -2.16. The SMILES string of the molecule is CC(Oc1ccccc1)C(=O)NNC(=O)c1cccc(N(C)C)c1. The number of rotatable bonds is 5. The van der Waals surface area contributed by atoms with E-state index in [-0.39, 0.29) is 5.91 Å². The van der Waals surface area contributed by atoms with Gasteiger partial charge in [-0.15, -0.1) is 0 Å². The predicted octanol–water partition coefficient (Wildman–Crippen LogP) is 1.98. The fourth-order valence-electron chi connectivity index (χ4n) is 1.97. The van der Waals surface area contributed by atoms with Gasteiger partial charge in [-0.05, 0) is 37.3 Å². The van der Waals surface area contributed by atoms with Crippen molar-refractivity contribution in [2.75, 3.05) is 19.0 Å². The van der Waals surface area contributed by atoms with Crippen LogP contribution in [0.1, 0.15) is 17.3 Å². The minimum absolute atomic E-state index is 0.390. The summed E-state index contributed by atoms with van der Waals surface area (Å²) in [6.45, 7) is 1.61. The number of para-hydroxylation sites is 1. The summed E-state index contributed by atoms with van der Waals surface area (Å²) in [6, 6.07) is 16.1. The van der Waals surface area contributed by atoms with Crippen molar-refractivity contribution in [1.82, 2.24) is 10.9 Å². The van der Waals surface area contributed by atoms with Gasteiger partial charge in [-0.3, -0.25) is 20.4 Å². The molecule has 0 aliphatic heterocycles. The van der Waals surface area contributed by atoms with E-state index in [1.807, 2.05) is 43.3 Å². The van der Waals surface area contributed by atoms with Gasteiger partial charge in [0.15, 0.2) is 6.10 Å². The standard InChI is InChI=1S/C18H21N3O3/c1-13(24-16-10-5-4-6-11-16)17(22)19-20-18(23)14-8-7-9-15(12-14)21(2)3/h4-13H,1-3H3,(H,19,22)(H,20,23). The number of carbonyl (C=O) groups excluding carboxylic acids is 2. The zero-order valence-electron chi connectivity index (χ0n) is 13.9. The van der Waals surface area contributed by atoms with Crippen molar-refractivity contribution in [3.8, 4) is 5.75 Å². The molecule has 2 aromatic rings. The summed E-state index contributed by atoms with van der Waals surface area (Å²) in [5.41, 5.74) is 6.12. The molecule has 0 radical (unpaired) electrons. The monoisotopic (exact) mass is 327 g/mol. The van der Waals surface area contributed by atoms with E-state index in [0.717, 1.165) is 5.69 Å². The Balaban J connectivity index is 1.89. The molecule has 2 N–H and O–H groups in total. The lowest BCUT2D eigenvalue weighted by Crippen LogP contribution is -2.47. The van der Waals surface area contributed by atoms with E-state index < -0.39 is 12.0 Å². The van der Waals surface area contributed by atoms with Crippen LogP contribution < -0.4 is 20.5 Å². The third-order valence-corrected chi connectivity index (χ3v) is 3.35. The maximum atomic E-state index is 12.1. The molecule has 126 valence electrons. The lowest BCUT2D eigenvalue weighted by atomic mass is 10.2. The van der Waals surface area contributed by atoms with Crippen LogP contribution >= 0.6 is 0 Å². The van der Waals surface area contributed by atoms with Gasteiger partial charge in [0, 0.05) is 25.3 Å². The lowest BCUT2D eigenvalue weighted by molar-refractivity contribution is -0.128. The maximum Gasteiger partial charge on any atom is 0.279 e. The fraction of sp³-hybridized carbons (Fsp3) is 0.222. The van der Waals surface area contributed by atoms with E-state index in [1.165, 1.54) is 0 Å². The highest BCUT2D eigenvalue weighted by molar-refractivity contribution is 5.96. The molecule has 0 spiro atoms. The highest BCUT2D eigenvalue weighted by Gasteiger charge is 2.16. The molecule has 24 heavy (non-hydrogen) atoms. The smallest absolute Gasteiger partial charge is 0.279 e. The zero-order chi connectivity index (χ0) is 17.5. The molecule has 0 fully saturated rings. The van der Waals surface area contributed by atoms with Crippen molar-refractivity contribution in [2.45, 2.75) is 13.0 Å². The van der Waals surface area contributed by atoms with Crippen LogP contribution in [0.25, 0.3) is 0 Å². The van der Waals surface area contributed by atoms with Crippen molar-refractivity contribution in [1.29, 1.82) is 0 Å². The van der Waals surface area contributed by atoms with Crippen LogP contribution in [0.5, 0.6) is 5.75 Å². The Hall–Kier alpha value is -3.02. The van der Waals surface area contributed by atoms with Crippen molar-refractivity contribution < 1.29 is 14.3 Å². The van der Waals surface area contributed by atoms with Gasteiger partial charge in [0.25, 0.3) is 11.8 Å². The summed E-state index contributed by atoms with van der Waals surface area (Å²) in [5.74, 6) is -0.236. The van der Waals surface area contributed by atoms with E-state index in [4.69, 9.17) is 4.74 Å². The molecule has 0 saturated heterocycles. The molecule has 0 saturated carbocycles. The van der Waals surface area contributed by atoms with E-state index in [9.17, 15) is 9.59 Å². The Bertz CT molecular complexity index is 702. The van der Waals surface area contributed by atoms with Crippen LogP contribution in [-0.2, 0) is 4.79 Å². The summed E-state index contributed by atoms with van der Waals surface area (Å²) in [5, 5.41) is 0. The molecule has 6 nitrogen and oxygen atoms in total. The number of nitrogens with zero attached hydrogens (tertiary/aromatic N) is 1. The average molecular weight is 327 g/mol. The van der Waals surface area contributed by atoms with Gasteiger partial charge < -0.3 is 9.64 Å². The minimum Gasteiger partial charge on any atom is -0.481 e. The first kappa shape index (κ1) is 17.3. The molecule has 0 aliphatic rings. The first-order chi connectivity index (χ1) is 11.5. The van der Waals surface area contributed by atoms with Crippen molar-refractivity contribution in [2.24, 2.45) is 0 Å². The van der Waals surface area contributed by atoms with Gasteiger partial charge in [0.2, 0.25) is 0 Å². The van der Waals surface area contributed by atoms with Crippen LogP contribution in [0.2, 0.25) is 0 Å². The molecule has 2 aromatic carbocycles. The highest BCUT2D eigenvalue weighted by Crippen LogP contribution is 2.13. The maximum absolute atomic E-state index is 12.1. The number of benzene rings is 2. The molecule has 6 heteroatoms. The van der Waals surface area contributed by atoms with Crippen LogP contribution in [-0.4, -0.2) is 32.0 Å². The molecule has 2 rings (SSSR count). The number of ether oxygens (including phenoxy) is 1. The normalized spacial score (nSPS) is 11.3. The van der Waals surface area contributed by atoms with Crippen LogP contribution in [0.3, 0.4) is 0 Å². The summed E-state index contributed by atoms with van der Waals surface area (Å²) < 4.78 is 5.49. The fourth-order valence-corrected chi connectivity index (χ4v) is 1.97. The number of carbonyl (C=O) groups is 2.